The Kier molecular flexibility index (Phi) is 5.12. The fourth-order valence-corrected chi connectivity index (χ4v) is 4.81. The van der Waals surface area contributed by atoms with Gasteiger partial charge in [0.25, 0.3) is 0 Å². The SMILES string of the molecule is CC1(NC(=O)CN2CC3(CCC(C(=O)Nc4cc(F)cc(Cl)c4)CC3)C2)CC1. The molecule has 3 fully saturated rings. The number of amides is 2. The Morgan fingerprint density at radius 2 is 1.86 bits per heavy atom. The lowest BCUT2D eigenvalue weighted by Gasteiger charge is -2.53. The first kappa shape index (κ1) is 19.6. The predicted molar refractivity (Wildman–Crippen MR) is 107 cm³/mol. The number of hydrogen-bond donors (Lipinski definition) is 2. The monoisotopic (exact) mass is 407 g/mol. The Morgan fingerprint density at radius 1 is 1.18 bits per heavy atom. The summed E-state index contributed by atoms with van der Waals surface area (Å²) in [6.07, 6.45) is 5.79. The van der Waals surface area contributed by atoms with Crippen molar-refractivity contribution in [1.82, 2.24) is 10.2 Å². The minimum Gasteiger partial charge on any atom is -0.350 e. The molecule has 0 bridgehead atoms. The number of carbonyl (C=O) groups is 2. The van der Waals surface area contributed by atoms with Crippen LogP contribution in [0.4, 0.5) is 10.1 Å². The molecule has 3 aliphatic rings. The van der Waals surface area contributed by atoms with Gasteiger partial charge in [0.2, 0.25) is 11.8 Å². The van der Waals surface area contributed by atoms with E-state index in [1.165, 1.54) is 12.1 Å². The third kappa shape index (κ3) is 4.49. The van der Waals surface area contributed by atoms with Gasteiger partial charge in [-0.3, -0.25) is 14.5 Å². The van der Waals surface area contributed by atoms with Gasteiger partial charge in [-0.25, -0.2) is 4.39 Å². The van der Waals surface area contributed by atoms with E-state index in [1.807, 2.05) is 0 Å². The first-order chi connectivity index (χ1) is 13.2. The first-order valence-electron chi connectivity index (χ1n) is 10.0. The van der Waals surface area contributed by atoms with Crippen LogP contribution in [-0.2, 0) is 9.59 Å². The zero-order valence-corrected chi connectivity index (χ0v) is 16.9. The molecular weight excluding hydrogens is 381 g/mol. The van der Waals surface area contributed by atoms with Crippen LogP contribution in [0, 0.1) is 17.2 Å². The lowest BCUT2D eigenvalue weighted by Crippen LogP contribution is -2.60. The molecule has 0 aromatic heterocycles. The number of halogens is 2. The first-order valence-corrected chi connectivity index (χ1v) is 10.4. The van der Waals surface area contributed by atoms with Gasteiger partial charge in [0.05, 0.1) is 6.54 Å². The molecule has 2 aliphatic carbocycles. The second-order valence-corrected chi connectivity index (χ2v) is 9.61. The molecule has 152 valence electrons. The summed E-state index contributed by atoms with van der Waals surface area (Å²) in [5, 5.41) is 6.17. The molecule has 28 heavy (non-hydrogen) atoms. The van der Waals surface area contributed by atoms with Gasteiger partial charge in [-0.1, -0.05) is 11.6 Å². The van der Waals surface area contributed by atoms with E-state index < -0.39 is 5.82 Å². The van der Waals surface area contributed by atoms with Gasteiger partial charge in [0.1, 0.15) is 5.82 Å². The molecule has 1 aromatic carbocycles. The second kappa shape index (κ2) is 7.30. The van der Waals surface area contributed by atoms with Gasteiger partial charge in [-0.05, 0) is 69.1 Å². The van der Waals surface area contributed by atoms with Crippen LogP contribution in [-0.4, -0.2) is 41.9 Å². The van der Waals surface area contributed by atoms with E-state index in [0.29, 0.717) is 12.2 Å². The molecule has 1 aromatic rings. The van der Waals surface area contributed by atoms with E-state index in [-0.39, 0.29) is 33.7 Å². The number of nitrogens with zero attached hydrogens (tertiary/aromatic N) is 1. The maximum atomic E-state index is 13.4. The molecule has 1 heterocycles. The number of anilines is 1. The maximum absolute atomic E-state index is 13.4. The molecule has 2 amide bonds. The molecule has 4 rings (SSSR count). The van der Waals surface area contributed by atoms with Crippen molar-refractivity contribution in [2.45, 2.75) is 51.0 Å². The van der Waals surface area contributed by atoms with Crippen molar-refractivity contribution in [3.8, 4) is 0 Å². The summed E-state index contributed by atoms with van der Waals surface area (Å²) in [5.41, 5.74) is 0.695. The van der Waals surface area contributed by atoms with Gasteiger partial charge in [0, 0.05) is 35.3 Å². The van der Waals surface area contributed by atoms with E-state index in [0.717, 1.165) is 51.6 Å². The van der Waals surface area contributed by atoms with Crippen molar-refractivity contribution >= 4 is 29.1 Å². The van der Waals surface area contributed by atoms with Crippen molar-refractivity contribution in [3.05, 3.63) is 29.0 Å². The van der Waals surface area contributed by atoms with Crippen LogP contribution in [0.15, 0.2) is 18.2 Å². The molecule has 1 aliphatic heterocycles. The molecule has 0 atom stereocenters. The molecule has 7 heteroatoms. The minimum atomic E-state index is -0.459. The summed E-state index contributed by atoms with van der Waals surface area (Å²) < 4.78 is 13.4. The molecule has 2 N–H and O–H groups in total. The van der Waals surface area contributed by atoms with Crippen LogP contribution in [0.1, 0.15) is 45.4 Å². The minimum absolute atomic E-state index is 0.0386. The van der Waals surface area contributed by atoms with Crippen molar-refractivity contribution < 1.29 is 14.0 Å². The topological polar surface area (TPSA) is 61.4 Å². The van der Waals surface area contributed by atoms with Crippen LogP contribution < -0.4 is 10.6 Å². The molecule has 5 nitrogen and oxygen atoms in total. The van der Waals surface area contributed by atoms with Crippen LogP contribution in [0.2, 0.25) is 5.02 Å². The number of likely N-dealkylation sites (tertiary alicyclic amines) is 1. The lowest BCUT2D eigenvalue weighted by molar-refractivity contribution is -0.129. The molecule has 1 saturated heterocycles. The smallest absolute Gasteiger partial charge is 0.234 e. The fourth-order valence-electron chi connectivity index (χ4n) is 4.58. The standard InChI is InChI=1S/C21H27ClFN3O2/c1-20(6-7-20)25-18(27)11-26-12-21(13-26)4-2-14(3-5-21)19(28)24-17-9-15(22)8-16(23)10-17/h8-10,14H,2-7,11-13H2,1H3,(H,24,28)(H,25,27). The zero-order valence-electron chi connectivity index (χ0n) is 16.2. The summed E-state index contributed by atoms with van der Waals surface area (Å²) in [6, 6.07) is 4.06. The highest BCUT2D eigenvalue weighted by atomic mass is 35.5. The second-order valence-electron chi connectivity index (χ2n) is 9.18. The van der Waals surface area contributed by atoms with Crippen molar-refractivity contribution in [2.24, 2.45) is 11.3 Å². The Labute approximate surface area is 170 Å². The van der Waals surface area contributed by atoms with Gasteiger partial charge in [0.15, 0.2) is 0 Å². The number of hydrogen-bond acceptors (Lipinski definition) is 3. The Hall–Kier alpha value is -1.66. The van der Waals surface area contributed by atoms with Crippen molar-refractivity contribution in [3.63, 3.8) is 0 Å². The summed E-state index contributed by atoms with van der Waals surface area (Å²) in [5.74, 6) is -0.457. The molecule has 0 radical (unpaired) electrons. The highest BCUT2D eigenvalue weighted by Gasteiger charge is 2.47. The maximum Gasteiger partial charge on any atom is 0.234 e. The average Bonchev–Trinajstić information content (AvgIpc) is 3.29. The molecular formula is C21H27ClFN3O2. The molecule has 0 unspecified atom stereocenters. The fraction of sp³-hybridized carbons (Fsp3) is 0.619. The van der Waals surface area contributed by atoms with Crippen molar-refractivity contribution in [2.75, 3.05) is 25.0 Å². The summed E-state index contributed by atoms with van der Waals surface area (Å²) in [4.78, 5) is 26.8. The molecule has 1 spiro atoms. The summed E-state index contributed by atoms with van der Waals surface area (Å²) in [6.45, 7) is 4.43. The quantitative estimate of drug-likeness (QED) is 0.784. The Balaban J connectivity index is 1.21. The lowest BCUT2D eigenvalue weighted by atomic mass is 9.65. The number of rotatable bonds is 5. The molecule has 2 saturated carbocycles. The van der Waals surface area contributed by atoms with Crippen LogP contribution in [0.5, 0.6) is 0 Å². The third-order valence-electron chi connectivity index (χ3n) is 6.47. The average molecular weight is 408 g/mol. The van der Waals surface area contributed by atoms with E-state index in [2.05, 4.69) is 22.5 Å². The predicted octanol–water partition coefficient (Wildman–Crippen LogP) is 3.58. The van der Waals surface area contributed by atoms with E-state index in [4.69, 9.17) is 11.6 Å². The summed E-state index contributed by atoms with van der Waals surface area (Å²) in [7, 11) is 0. The van der Waals surface area contributed by atoms with Gasteiger partial charge in [-0.15, -0.1) is 0 Å². The van der Waals surface area contributed by atoms with E-state index in [9.17, 15) is 14.0 Å². The van der Waals surface area contributed by atoms with Crippen LogP contribution in [0.3, 0.4) is 0 Å². The van der Waals surface area contributed by atoms with Crippen molar-refractivity contribution in [1.29, 1.82) is 0 Å². The van der Waals surface area contributed by atoms with E-state index in [1.54, 1.807) is 6.07 Å². The highest BCUT2D eigenvalue weighted by Crippen LogP contribution is 2.45. The summed E-state index contributed by atoms with van der Waals surface area (Å²) >= 11 is 5.85. The number of carbonyl (C=O) groups excluding carboxylic acids is 2. The Morgan fingerprint density at radius 3 is 2.46 bits per heavy atom. The third-order valence-corrected chi connectivity index (χ3v) is 6.69. The number of benzene rings is 1. The van der Waals surface area contributed by atoms with E-state index >= 15 is 0 Å². The van der Waals surface area contributed by atoms with Crippen LogP contribution >= 0.6 is 11.6 Å². The van der Waals surface area contributed by atoms with Gasteiger partial charge in [-0.2, -0.15) is 0 Å². The Bertz CT molecular complexity index is 760. The highest BCUT2D eigenvalue weighted by molar-refractivity contribution is 6.30. The zero-order chi connectivity index (χ0) is 19.9. The normalized spacial score (nSPS) is 23.1. The van der Waals surface area contributed by atoms with Gasteiger partial charge >= 0.3 is 0 Å². The largest absolute Gasteiger partial charge is 0.350 e. The van der Waals surface area contributed by atoms with Gasteiger partial charge < -0.3 is 10.6 Å². The number of nitrogens with one attached hydrogen (secondary N) is 2. The van der Waals surface area contributed by atoms with Crippen LogP contribution in [0.25, 0.3) is 0 Å².